The fourth-order valence-corrected chi connectivity index (χ4v) is 4.17. The molecule has 1 aromatic rings. The molecule has 172 valence electrons. The Morgan fingerprint density at radius 3 is 2.65 bits per heavy atom. The summed E-state index contributed by atoms with van der Waals surface area (Å²) < 4.78 is 12.6. The van der Waals surface area contributed by atoms with E-state index in [1.165, 1.54) is 0 Å². The number of piperazine rings is 1. The van der Waals surface area contributed by atoms with E-state index in [-0.39, 0.29) is 11.9 Å². The number of nitrogens with zero attached hydrogens (tertiary/aromatic N) is 4. The first-order valence-electron chi connectivity index (χ1n) is 11.0. The van der Waals surface area contributed by atoms with Crippen LogP contribution in [0, 0.1) is 0 Å². The van der Waals surface area contributed by atoms with Crippen LogP contribution in [-0.2, 0) is 19.1 Å². The predicted molar refractivity (Wildman–Crippen MR) is 111 cm³/mol. The first-order chi connectivity index (χ1) is 14.9. The van der Waals surface area contributed by atoms with Crippen molar-refractivity contribution in [3.8, 4) is 5.88 Å². The zero-order valence-electron chi connectivity index (χ0n) is 18.1. The largest absolute Gasteiger partial charge is 0.477 e. The number of carbonyl (C=O) groups excluding carboxylic acids is 2. The Morgan fingerprint density at radius 1 is 1.16 bits per heavy atom. The number of carbonyl (C=O) groups is 3. The van der Waals surface area contributed by atoms with Crippen molar-refractivity contribution in [2.24, 2.45) is 0 Å². The van der Waals surface area contributed by atoms with Crippen LogP contribution in [0.1, 0.15) is 51.5 Å². The van der Waals surface area contributed by atoms with Gasteiger partial charge in [0, 0.05) is 51.8 Å². The average molecular weight is 437 g/mol. The molecule has 0 radical (unpaired) electrons. The molecule has 1 aliphatic carbocycles. The molecule has 1 aromatic heterocycles. The Morgan fingerprint density at radius 2 is 1.94 bits per heavy atom. The number of carboxylic acids is 1. The summed E-state index contributed by atoms with van der Waals surface area (Å²) in [6, 6.07) is 1.89. The molecule has 3 rings (SSSR count). The van der Waals surface area contributed by atoms with Gasteiger partial charge >= 0.3 is 11.9 Å². The molecular formula is C21H32N4O6. The molecule has 31 heavy (non-hydrogen) atoms. The summed E-state index contributed by atoms with van der Waals surface area (Å²) in [5, 5.41) is 13.2. The summed E-state index contributed by atoms with van der Waals surface area (Å²) in [5.74, 6) is -2.04. The topological polar surface area (TPSA) is 114 Å². The van der Waals surface area contributed by atoms with Crippen LogP contribution in [0.15, 0.2) is 12.3 Å². The van der Waals surface area contributed by atoms with Gasteiger partial charge in [0.2, 0.25) is 11.8 Å². The van der Waals surface area contributed by atoms with E-state index < -0.39 is 18.0 Å². The van der Waals surface area contributed by atoms with E-state index in [9.17, 15) is 14.4 Å². The average Bonchev–Trinajstić information content (AvgIpc) is 3.23. The highest BCUT2D eigenvalue weighted by Gasteiger charge is 2.28. The standard InChI is InChI=1S/C21H32N4O6/c1-16(26)24-12-10-23(11-13-24)8-2-3-14-30-19-7-9-25(22-19)17-5-4-6-18(15-17)31-21(29)20(27)28/h7,9,17-18H,2-6,8,10-15H2,1H3,(H,27,28). The number of rotatable bonds is 8. The molecule has 1 saturated heterocycles. The van der Waals surface area contributed by atoms with Gasteiger partial charge in [0.1, 0.15) is 6.10 Å². The number of esters is 1. The molecule has 2 aliphatic rings. The minimum atomic E-state index is -1.56. The van der Waals surface area contributed by atoms with Crippen molar-refractivity contribution in [2.75, 3.05) is 39.3 Å². The SMILES string of the molecule is CC(=O)N1CCN(CCCCOc2ccn(C3CCCC(OC(=O)C(=O)O)C3)n2)CC1. The predicted octanol–water partition coefficient (Wildman–Crippen LogP) is 1.32. The Balaban J connectivity index is 1.33. The number of aromatic nitrogens is 2. The third-order valence-electron chi connectivity index (χ3n) is 5.94. The molecule has 2 atom stereocenters. The molecular weight excluding hydrogens is 404 g/mol. The monoisotopic (exact) mass is 436 g/mol. The van der Waals surface area contributed by atoms with E-state index in [0.29, 0.717) is 25.3 Å². The first kappa shape index (κ1) is 23.1. The second kappa shape index (κ2) is 11.1. The Bertz CT molecular complexity index is 759. The van der Waals surface area contributed by atoms with Gasteiger partial charge < -0.3 is 19.5 Å². The Labute approximate surface area is 182 Å². The molecule has 10 nitrogen and oxygen atoms in total. The zero-order chi connectivity index (χ0) is 22.2. The van der Waals surface area contributed by atoms with Crippen LogP contribution in [0.2, 0.25) is 0 Å². The molecule has 1 amide bonds. The second-order valence-corrected chi connectivity index (χ2v) is 8.19. The van der Waals surface area contributed by atoms with Gasteiger partial charge in [0.25, 0.3) is 0 Å². The van der Waals surface area contributed by atoms with Gasteiger partial charge in [-0.25, -0.2) is 9.59 Å². The number of amides is 1. The van der Waals surface area contributed by atoms with E-state index in [2.05, 4.69) is 10.00 Å². The lowest BCUT2D eigenvalue weighted by molar-refractivity contribution is -0.168. The van der Waals surface area contributed by atoms with Gasteiger partial charge in [0.05, 0.1) is 12.6 Å². The van der Waals surface area contributed by atoms with E-state index >= 15 is 0 Å². The van der Waals surface area contributed by atoms with E-state index in [1.807, 2.05) is 21.8 Å². The summed E-state index contributed by atoms with van der Waals surface area (Å²) in [5.41, 5.74) is 0. The number of hydrogen-bond donors (Lipinski definition) is 1. The van der Waals surface area contributed by atoms with Gasteiger partial charge in [-0.3, -0.25) is 14.4 Å². The maximum absolute atomic E-state index is 11.4. The van der Waals surface area contributed by atoms with E-state index in [0.717, 1.165) is 58.4 Å². The maximum atomic E-state index is 11.4. The lowest BCUT2D eigenvalue weighted by Crippen LogP contribution is -2.48. The minimum absolute atomic E-state index is 0.0614. The summed E-state index contributed by atoms with van der Waals surface area (Å²) in [6.45, 7) is 6.68. The van der Waals surface area contributed by atoms with Crippen molar-refractivity contribution < 1.29 is 29.0 Å². The van der Waals surface area contributed by atoms with Crippen molar-refractivity contribution >= 4 is 17.8 Å². The third kappa shape index (κ3) is 6.95. The van der Waals surface area contributed by atoms with E-state index in [1.54, 1.807) is 6.92 Å². The Hall–Kier alpha value is -2.62. The summed E-state index contributed by atoms with van der Waals surface area (Å²) in [4.78, 5) is 37.6. The zero-order valence-corrected chi connectivity index (χ0v) is 18.1. The fourth-order valence-electron chi connectivity index (χ4n) is 4.17. The highest BCUT2D eigenvalue weighted by atomic mass is 16.6. The fraction of sp³-hybridized carbons (Fsp3) is 0.714. The van der Waals surface area contributed by atoms with Gasteiger partial charge in [-0.1, -0.05) is 0 Å². The maximum Gasteiger partial charge on any atom is 0.417 e. The Kier molecular flexibility index (Phi) is 8.27. The van der Waals surface area contributed by atoms with Crippen LogP contribution >= 0.6 is 0 Å². The van der Waals surface area contributed by atoms with Crippen LogP contribution in [-0.4, -0.2) is 88.0 Å². The van der Waals surface area contributed by atoms with Crippen LogP contribution in [0.4, 0.5) is 0 Å². The highest BCUT2D eigenvalue weighted by Crippen LogP contribution is 2.30. The number of carboxylic acid groups (broad SMARTS) is 1. The molecule has 0 bridgehead atoms. The van der Waals surface area contributed by atoms with Gasteiger partial charge in [0.15, 0.2) is 0 Å². The molecule has 2 unspecified atom stereocenters. The minimum Gasteiger partial charge on any atom is -0.477 e. The molecule has 2 fully saturated rings. The normalized spacial score (nSPS) is 22.2. The number of hydrogen-bond acceptors (Lipinski definition) is 7. The van der Waals surface area contributed by atoms with Crippen LogP contribution in [0.5, 0.6) is 5.88 Å². The summed E-state index contributed by atoms with van der Waals surface area (Å²) >= 11 is 0. The van der Waals surface area contributed by atoms with Crippen molar-refractivity contribution in [3.63, 3.8) is 0 Å². The number of aliphatic carboxylic acids is 1. The quantitative estimate of drug-likeness (QED) is 0.369. The second-order valence-electron chi connectivity index (χ2n) is 8.19. The van der Waals surface area contributed by atoms with Gasteiger partial charge in [-0.05, 0) is 38.6 Å². The summed E-state index contributed by atoms with van der Waals surface area (Å²) in [6.07, 6.45) is 6.39. The van der Waals surface area contributed by atoms with Crippen molar-refractivity contribution in [3.05, 3.63) is 12.3 Å². The molecule has 1 aliphatic heterocycles. The van der Waals surface area contributed by atoms with Crippen LogP contribution in [0.25, 0.3) is 0 Å². The smallest absolute Gasteiger partial charge is 0.417 e. The van der Waals surface area contributed by atoms with Crippen molar-refractivity contribution in [1.82, 2.24) is 19.6 Å². The molecule has 2 heterocycles. The number of ether oxygens (including phenoxy) is 2. The van der Waals surface area contributed by atoms with E-state index in [4.69, 9.17) is 14.6 Å². The van der Waals surface area contributed by atoms with Crippen LogP contribution in [0.3, 0.4) is 0 Å². The first-order valence-corrected chi connectivity index (χ1v) is 11.0. The lowest BCUT2D eigenvalue weighted by Gasteiger charge is -2.34. The summed E-state index contributed by atoms with van der Waals surface area (Å²) in [7, 11) is 0. The lowest BCUT2D eigenvalue weighted by atomic mass is 9.93. The molecule has 0 aromatic carbocycles. The van der Waals surface area contributed by atoms with Gasteiger partial charge in [-0.2, -0.15) is 0 Å². The van der Waals surface area contributed by atoms with Crippen LogP contribution < -0.4 is 4.74 Å². The van der Waals surface area contributed by atoms with Crippen molar-refractivity contribution in [2.45, 2.75) is 57.6 Å². The number of unbranched alkanes of at least 4 members (excludes halogenated alkanes) is 1. The third-order valence-corrected chi connectivity index (χ3v) is 5.94. The van der Waals surface area contributed by atoms with Crippen molar-refractivity contribution in [1.29, 1.82) is 0 Å². The molecule has 1 saturated carbocycles. The molecule has 10 heteroatoms. The molecule has 1 N–H and O–H groups in total. The molecule has 0 spiro atoms. The van der Waals surface area contributed by atoms with Gasteiger partial charge in [-0.15, -0.1) is 5.10 Å². The highest BCUT2D eigenvalue weighted by molar-refractivity contribution is 6.28.